The maximum absolute atomic E-state index is 12.0. The number of hydrogen-bond acceptors (Lipinski definition) is 6. The van der Waals surface area contributed by atoms with Crippen molar-refractivity contribution < 1.29 is 37.0 Å². The molecule has 0 saturated carbocycles. The first-order chi connectivity index (χ1) is 11.1. The van der Waals surface area contributed by atoms with E-state index in [4.69, 9.17) is 9.47 Å². The van der Waals surface area contributed by atoms with Crippen LogP contribution < -0.4 is 10.1 Å². The average molecular weight is 345 g/mol. The number of hydrogen-bond donors (Lipinski definition) is 1. The summed E-state index contributed by atoms with van der Waals surface area (Å²) in [5, 5.41) is 2.66. The molecule has 0 aromatic heterocycles. The van der Waals surface area contributed by atoms with E-state index in [0.717, 1.165) is 6.20 Å². The second kappa shape index (κ2) is 6.42. The van der Waals surface area contributed by atoms with E-state index in [9.17, 15) is 22.8 Å². The molecule has 130 valence electrons. The summed E-state index contributed by atoms with van der Waals surface area (Å²) in [6.07, 6.45) is -3.32. The lowest BCUT2D eigenvalue weighted by molar-refractivity contribution is -0.222. The van der Waals surface area contributed by atoms with E-state index >= 15 is 0 Å². The van der Waals surface area contributed by atoms with Crippen molar-refractivity contribution in [2.75, 3.05) is 11.9 Å². The third kappa shape index (κ3) is 4.90. The zero-order valence-corrected chi connectivity index (χ0v) is 12.8. The lowest BCUT2D eigenvalue weighted by Crippen LogP contribution is -2.42. The molecular formula is C15H14F3NO5. The van der Waals surface area contributed by atoms with Gasteiger partial charge in [0.1, 0.15) is 5.75 Å². The third-order valence-electron chi connectivity index (χ3n) is 2.76. The van der Waals surface area contributed by atoms with Gasteiger partial charge in [0.05, 0.1) is 0 Å². The summed E-state index contributed by atoms with van der Waals surface area (Å²) >= 11 is 0. The zero-order chi connectivity index (χ0) is 18.0. The van der Waals surface area contributed by atoms with Crippen molar-refractivity contribution in [3.8, 4) is 5.75 Å². The monoisotopic (exact) mass is 345 g/mol. The highest BCUT2D eigenvalue weighted by molar-refractivity contribution is 6.15. The largest absolute Gasteiger partial charge is 0.484 e. The van der Waals surface area contributed by atoms with Crippen LogP contribution >= 0.6 is 0 Å². The van der Waals surface area contributed by atoms with Crippen LogP contribution in [0.1, 0.15) is 13.8 Å². The van der Waals surface area contributed by atoms with E-state index in [-0.39, 0.29) is 11.3 Å². The van der Waals surface area contributed by atoms with Crippen LogP contribution in [-0.4, -0.2) is 30.5 Å². The summed E-state index contributed by atoms with van der Waals surface area (Å²) in [5.41, 5.74) is 0.0963. The fraction of sp³-hybridized carbons (Fsp3) is 0.333. The van der Waals surface area contributed by atoms with E-state index in [0.29, 0.717) is 5.69 Å². The molecule has 1 aliphatic heterocycles. The Balaban J connectivity index is 1.99. The minimum absolute atomic E-state index is 0.0313. The average Bonchev–Trinajstić information content (AvgIpc) is 2.43. The fourth-order valence-corrected chi connectivity index (χ4v) is 1.75. The van der Waals surface area contributed by atoms with Crippen LogP contribution in [0, 0.1) is 0 Å². The molecule has 0 bridgehead atoms. The van der Waals surface area contributed by atoms with Gasteiger partial charge in [-0.15, -0.1) is 0 Å². The second-order valence-corrected chi connectivity index (χ2v) is 5.31. The van der Waals surface area contributed by atoms with Gasteiger partial charge in [-0.05, 0) is 24.3 Å². The number of carbonyl (C=O) groups is 2. The molecule has 1 N–H and O–H groups in total. The van der Waals surface area contributed by atoms with Gasteiger partial charge in [-0.2, -0.15) is 13.2 Å². The number of carbonyl (C=O) groups excluding carboxylic acids is 2. The van der Waals surface area contributed by atoms with Gasteiger partial charge in [0.15, 0.2) is 12.2 Å². The molecule has 1 aromatic rings. The highest BCUT2D eigenvalue weighted by Gasteiger charge is 2.38. The number of cyclic esters (lactones) is 2. The van der Waals surface area contributed by atoms with Crippen LogP contribution in [0.15, 0.2) is 36.0 Å². The first-order valence-electron chi connectivity index (χ1n) is 6.79. The van der Waals surface area contributed by atoms with Crippen LogP contribution in [-0.2, 0) is 19.1 Å². The number of alkyl halides is 3. The predicted octanol–water partition coefficient (Wildman–Crippen LogP) is 2.76. The minimum atomic E-state index is -4.42. The summed E-state index contributed by atoms with van der Waals surface area (Å²) in [7, 11) is 0. The number of anilines is 1. The summed E-state index contributed by atoms with van der Waals surface area (Å²) in [6, 6.07) is 5.47. The van der Waals surface area contributed by atoms with Gasteiger partial charge in [0, 0.05) is 25.7 Å². The second-order valence-electron chi connectivity index (χ2n) is 5.31. The number of nitrogens with one attached hydrogen (secondary N) is 1. The molecule has 9 heteroatoms. The summed E-state index contributed by atoms with van der Waals surface area (Å²) in [5.74, 6) is -2.98. The Bertz CT molecular complexity index is 643. The van der Waals surface area contributed by atoms with Crippen molar-refractivity contribution in [2.45, 2.75) is 25.8 Å². The van der Waals surface area contributed by atoms with E-state index in [1.165, 1.54) is 38.1 Å². The molecule has 1 saturated heterocycles. The molecular weight excluding hydrogens is 331 g/mol. The Morgan fingerprint density at radius 1 is 1.12 bits per heavy atom. The van der Waals surface area contributed by atoms with E-state index in [1.807, 2.05) is 0 Å². The molecule has 1 heterocycles. The molecule has 6 nitrogen and oxygen atoms in total. The summed E-state index contributed by atoms with van der Waals surface area (Å²) in [4.78, 5) is 23.4. The Hall–Kier alpha value is -2.71. The molecule has 1 aliphatic rings. The predicted molar refractivity (Wildman–Crippen MR) is 76.0 cm³/mol. The van der Waals surface area contributed by atoms with Gasteiger partial charge < -0.3 is 19.5 Å². The van der Waals surface area contributed by atoms with Crippen molar-refractivity contribution in [1.82, 2.24) is 0 Å². The number of rotatable bonds is 4. The topological polar surface area (TPSA) is 73.9 Å². The molecule has 0 spiro atoms. The number of halogens is 3. The lowest BCUT2D eigenvalue weighted by atomic mass is 10.2. The van der Waals surface area contributed by atoms with Crippen molar-refractivity contribution in [1.29, 1.82) is 0 Å². The van der Waals surface area contributed by atoms with Crippen molar-refractivity contribution in [3.05, 3.63) is 36.0 Å². The number of esters is 2. The smallest absolute Gasteiger partial charge is 0.422 e. The standard InChI is InChI=1S/C15H14F3NO5/c1-14(2)23-12(20)11(13(21)24-14)7-19-9-3-5-10(6-4-9)22-8-15(16,17)18/h3-7,19H,8H2,1-2H3. The minimum Gasteiger partial charge on any atom is -0.484 e. The Kier molecular flexibility index (Phi) is 4.72. The van der Waals surface area contributed by atoms with Crippen LogP contribution in [0.2, 0.25) is 0 Å². The van der Waals surface area contributed by atoms with E-state index in [2.05, 4.69) is 10.1 Å². The fourth-order valence-electron chi connectivity index (χ4n) is 1.75. The van der Waals surface area contributed by atoms with Crippen LogP contribution in [0.3, 0.4) is 0 Å². The maximum Gasteiger partial charge on any atom is 0.422 e. The van der Waals surface area contributed by atoms with Gasteiger partial charge in [0.2, 0.25) is 0 Å². The summed E-state index contributed by atoms with van der Waals surface area (Å²) in [6.45, 7) is 1.46. The SMILES string of the molecule is CC1(C)OC(=O)C(=CNc2ccc(OCC(F)(F)F)cc2)C(=O)O1. The molecule has 24 heavy (non-hydrogen) atoms. The Morgan fingerprint density at radius 2 is 1.67 bits per heavy atom. The molecule has 0 amide bonds. The van der Waals surface area contributed by atoms with Gasteiger partial charge in [-0.1, -0.05) is 0 Å². The molecule has 2 rings (SSSR count). The van der Waals surface area contributed by atoms with Crippen molar-refractivity contribution >= 4 is 17.6 Å². The molecule has 0 atom stereocenters. The maximum atomic E-state index is 12.0. The first-order valence-corrected chi connectivity index (χ1v) is 6.79. The molecule has 1 aromatic carbocycles. The normalized spacial score (nSPS) is 17.0. The third-order valence-corrected chi connectivity index (χ3v) is 2.76. The molecule has 0 radical (unpaired) electrons. The highest BCUT2D eigenvalue weighted by atomic mass is 19.4. The van der Waals surface area contributed by atoms with Gasteiger partial charge in [-0.25, -0.2) is 9.59 Å². The quantitative estimate of drug-likeness (QED) is 0.514. The summed E-state index contributed by atoms with van der Waals surface area (Å²) < 4.78 is 50.5. The van der Waals surface area contributed by atoms with E-state index in [1.54, 1.807) is 0 Å². The Labute approximate surface area is 135 Å². The molecule has 0 aliphatic carbocycles. The van der Waals surface area contributed by atoms with Crippen molar-refractivity contribution in [3.63, 3.8) is 0 Å². The first kappa shape index (κ1) is 17.6. The molecule has 1 fully saturated rings. The Morgan fingerprint density at radius 3 is 2.17 bits per heavy atom. The van der Waals surface area contributed by atoms with Crippen LogP contribution in [0.4, 0.5) is 18.9 Å². The lowest BCUT2D eigenvalue weighted by Gasteiger charge is -2.29. The van der Waals surface area contributed by atoms with Crippen LogP contribution in [0.5, 0.6) is 5.75 Å². The highest BCUT2D eigenvalue weighted by Crippen LogP contribution is 2.23. The van der Waals surface area contributed by atoms with Crippen molar-refractivity contribution in [2.24, 2.45) is 0 Å². The molecule has 0 unspecified atom stereocenters. The zero-order valence-electron chi connectivity index (χ0n) is 12.8. The number of ether oxygens (including phenoxy) is 3. The van der Waals surface area contributed by atoms with Gasteiger partial charge in [0.25, 0.3) is 5.79 Å². The van der Waals surface area contributed by atoms with Gasteiger partial charge >= 0.3 is 18.1 Å². The number of benzene rings is 1. The van der Waals surface area contributed by atoms with Crippen LogP contribution in [0.25, 0.3) is 0 Å². The van der Waals surface area contributed by atoms with E-state index < -0.39 is 30.5 Å². The van der Waals surface area contributed by atoms with Gasteiger partial charge in [-0.3, -0.25) is 0 Å².